The standard InChI is InChI=1S/C20H26N2O2/c1-5-21(6-2)19(23)17-11-9-16-14-18(12-10-15(16)13-17)20(24)22(7-3)8-4/h9-14H,5-8H2,1-4H3. The fourth-order valence-corrected chi connectivity index (χ4v) is 2.90. The van der Waals surface area contributed by atoms with E-state index in [-0.39, 0.29) is 11.8 Å². The van der Waals surface area contributed by atoms with Crippen molar-refractivity contribution in [2.45, 2.75) is 27.7 Å². The third-order valence-electron chi connectivity index (χ3n) is 4.44. The van der Waals surface area contributed by atoms with Gasteiger partial charge in [-0.2, -0.15) is 0 Å². The van der Waals surface area contributed by atoms with E-state index in [1.54, 1.807) is 9.80 Å². The van der Waals surface area contributed by atoms with E-state index in [4.69, 9.17) is 0 Å². The lowest BCUT2D eigenvalue weighted by Crippen LogP contribution is -2.30. The number of hydrogen-bond acceptors (Lipinski definition) is 2. The van der Waals surface area contributed by atoms with Crippen LogP contribution in [0.25, 0.3) is 10.8 Å². The Morgan fingerprint density at radius 2 is 1.00 bits per heavy atom. The van der Waals surface area contributed by atoms with Crippen molar-refractivity contribution >= 4 is 22.6 Å². The molecule has 4 heteroatoms. The minimum Gasteiger partial charge on any atom is -0.339 e. The van der Waals surface area contributed by atoms with E-state index in [1.807, 2.05) is 64.1 Å². The summed E-state index contributed by atoms with van der Waals surface area (Å²) >= 11 is 0. The summed E-state index contributed by atoms with van der Waals surface area (Å²) in [6, 6.07) is 11.3. The number of rotatable bonds is 6. The van der Waals surface area contributed by atoms with E-state index in [1.165, 1.54) is 0 Å². The van der Waals surface area contributed by atoms with Gasteiger partial charge in [-0.25, -0.2) is 0 Å². The predicted octanol–water partition coefficient (Wildman–Crippen LogP) is 3.80. The molecule has 0 atom stereocenters. The van der Waals surface area contributed by atoms with E-state index < -0.39 is 0 Å². The molecule has 128 valence electrons. The molecule has 0 saturated carbocycles. The first-order valence-corrected chi connectivity index (χ1v) is 8.67. The highest BCUT2D eigenvalue weighted by atomic mass is 16.2. The highest BCUT2D eigenvalue weighted by Gasteiger charge is 2.15. The fourth-order valence-electron chi connectivity index (χ4n) is 2.90. The second-order valence-electron chi connectivity index (χ2n) is 5.73. The van der Waals surface area contributed by atoms with Crippen molar-refractivity contribution in [3.05, 3.63) is 47.5 Å². The maximum Gasteiger partial charge on any atom is 0.253 e. The number of nitrogens with zero attached hydrogens (tertiary/aromatic N) is 2. The van der Waals surface area contributed by atoms with Crippen molar-refractivity contribution in [2.75, 3.05) is 26.2 Å². The van der Waals surface area contributed by atoms with Crippen LogP contribution in [0, 0.1) is 0 Å². The van der Waals surface area contributed by atoms with Crippen LogP contribution in [-0.4, -0.2) is 47.8 Å². The Bertz CT molecular complexity index is 668. The molecule has 0 saturated heterocycles. The summed E-state index contributed by atoms with van der Waals surface area (Å²) in [6.07, 6.45) is 0. The average Bonchev–Trinajstić information content (AvgIpc) is 2.62. The van der Waals surface area contributed by atoms with Crippen LogP contribution in [-0.2, 0) is 0 Å². The first-order chi connectivity index (χ1) is 11.5. The van der Waals surface area contributed by atoms with Crippen LogP contribution >= 0.6 is 0 Å². The second-order valence-corrected chi connectivity index (χ2v) is 5.73. The molecule has 0 N–H and O–H groups in total. The Labute approximate surface area is 144 Å². The molecule has 0 aliphatic rings. The summed E-state index contributed by atoms with van der Waals surface area (Å²) in [4.78, 5) is 28.5. The fraction of sp³-hybridized carbons (Fsp3) is 0.400. The lowest BCUT2D eigenvalue weighted by atomic mass is 10.0. The summed E-state index contributed by atoms with van der Waals surface area (Å²) in [5.41, 5.74) is 1.38. The van der Waals surface area contributed by atoms with Crippen molar-refractivity contribution in [3.63, 3.8) is 0 Å². The number of carbonyl (C=O) groups excluding carboxylic acids is 2. The van der Waals surface area contributed by atoms with Gasteiger partial charge in [-0.1, -0.05) is 12.1 Å². The molecular weight excluding hydrogens is 300 g/mol. The minimum absolute atomic E-state index is 0.0465. The maximum absolute atomic E-state index is 12.5. The molecule has 2 aromatic carbocycles. The van der Waals surface area contributed by atoms with Crippen LogP contribution in [0.4, 0.5) is 0 Å². The Morgan fingerprint density at radius 3 is 1.29 bits per heavy atom. The van der Waals surface area contributed by atoms with Crippen LogP contribution in [0.3, 0.4) is 0 Å². The van der Waals surface area contributed by atoms with Crippen molar-refractivity contribution in [2.24, 2.45) is 0 Å². The molecule has 2 amide bonds. The third kappa shape index (κ3) is 3.58. The van der Waals surface area contributed by atoms with Gasteiger partial charge >= 0.3 is 0 Å². The smallest absolute Gasteiger partial charge is 0.253 e. The number of amides is 2. The number of carbonyl (C=O) groups is 2. The van der Waals surface area contributed by atoms with Crippen molar-refractivity contribution in [1.29, 1.82) is 0 Å². The zero-order valence-corrected chi connectivity index (χ0v) is 15.0. The van der Waals surface area contributed by atoms with Crippen molar-refractivity contribution in [1.82, 2.24) is 9.80 Å². The second kappa shape index (κ2) is 7.95. The molecular formula is C20H26N2O2. The van der Waals surface area contributed by atoms with Gasteiger partial charge in [-0.3, -0.25) is 9.59 Å². The molecule has 0 aliphatic heterocycles. The van der Waals surface area contributed by atoms with Gasteiger partial charge in [0.15, 0.2) is 0 Å². The molecule has 0 radical (unpaired) electrons. The highest BCUT2D eigenvalue weighted by molar-refractivity contribution is 6.01. The van der Waals surface area contributed by atoms with Crippen LogP contribution in [0.2, 0.25) is 0 Å². The number of fused-ring (bicyclic) bond motifs is 1. The molecule has 4 nitrogen and oxygen atoms in total. The van der Waals surface area contributed by atoms with Crippen molar-refractivity contribution in [3.8, 4) is 0 Å². The Hall–Kier alpha value is -2.36. The zero-order chi connectivity index (χ0) is 17.7. The lowest BCUT2D eigenvalue weighted by molar-refractivity contribution is 0.0765. The van der Waals surface area contributed by atoms with Crippen LogP contribution in [0.5, 0.6) is 0 Å². The van der Waals surface area contributed by atoms with Gasteiger partial charge in [-0.05, 0) is 62.7 Å². The van der Waals surface area contributed by atoms with Gasteiger partial charge in [0.05, 0.1) is 0 Å². The van der Waals surface area contributed by atoms with Gasteiger partial charge in [0.2, 0.25) is 0 Å². The van der Waals surface area contributed by atoms with E-state index in [0.717, 1.165) is 10.8 Å². The molecule has 0 aliphatic carbocycles. The molecule has 24 heavy (non-hydrogen) atoms. The molecule has 0 aromatic heterocycles. The summed E-state index contributed by atoms with van der Waals surface area (Å²) in [5, 5.41) is 1.95. The van der Waals surface area contributed by atoms with E-state index in [9.17, 15) is 9.59 Å². The molecule has 0 heterocycles. The Morgan fingerprint density at radius 1 is 0.667 bits per heavy atom. The maximum atomic E-state index is 12.5. The largest absolute Gasteiger partial charge is 0.339 e. The molecule has 2 aromatic rings. The Kier molecular flexibility index (Phi) is 5.96. The molecule has 2 rings (SSSR count). The summed E-state index contributed by atoms with van der Waals surface area (Å²) in [6.45, 7) is 10.7. The molecule has 0 spiro atoms. The highest BCUT2D eigenvalue weighted by Crippen LogP contribution is 2.20. The Balaban J connectivity index is 2.35. The SMILES string of the molecule is CCN(CC)C(=O)c1ccc2cc(C(=O)N(CC)CC)ccc2c1. The quantitative estimate of drug-likeness (QED) is 0.810. The number of hydrogen-bond donors (Lipinski definition) is 0. The lowest BCUT2D eigenvalue weighted by Gasteiger charge is -2.19. The monoisotopic (exact) mass is 326 g/mol. The topological polar surface area (TPSA) is 40.6 Å². The number of benzene rings is 2. The average molecular weight is 326 g/mol. The van der Waals surface area contributed by atoms with Gasteiger partial charge in [0.1, 0.15) is 0 Å². The van der Waals surface area contributed by atoms with Gasteiger partial charge < -0.3 is 9.80 Å². The van der Waals surface area contributed by atoms with E-state index in [0.29, 0.717) is 37.3 Å². The summed E-state index contributed by atoms with van der Waals surface area (Å²) in [7, 11) is 0. The van der Waals surface area contributed by atoms with Crippen LogP contribution in [0.15, 0.2) is 36.4 Å². The van der Waals surface area contributed by atoms with E-state index in [2.05, 4.69) is 0 Å². The van der Waals surface area contributed by atoms with Gasteiger partial charge in [0, 0.05) is 37.3 Å². The minimum atomic E-state index is 0.0465. The summed E-state index contributed by atoms with van der Waals surface area (Å²) in [5.74, 6) is 0.0930. The van der Waals surface area contributed by atoms with Gasteiger partial charge in [-0.15, -0.1) is 0 Å². The predicted molar refractivity (Wildman–Crippen MR) is 98.5 cm³/mol. The van der Waals surface area contributed by atoms with Gasteiger partial charge in [0.25, 0.3) is 11.8 Å². The van der Waals surface area contributed by atoms with Crippen molar-refractivity contribution < 1.29 is 9.59 Å². The summed E-state index contributed by atoms with van der Waals surface area (Å²) < 4.78 is 0. The normalized spacial score (nSPS) is 10.7. The zero-order valence-electron chi connectivity index (χ0n) is 15.0. The third-order valence-corrected chi connectivity index (χ3v) is 4.44. The first kappa shape index (κ1) is 18.0. The molecule has 0 unspecified atom stereocenters. The molecule has 0 bridgehead atoms. The van der Waals surface area contributed by atoms with E-state index >= 15 is 0 Å². The molecule has 0 fully saturated rings. The first-order valence-electron chi connectivity index (χ1n) is 8.67. The van der Waals surface area contributed by atoms with Crippen LogP contribution in [0.1, 0.15) is 48.4 Å². The van der Waals surface area contributed by atoms with Crippen LogP contribution < -0.4 is 0 Å².